The third-order valence-corrected chi connectivity index (χ3v) is 13.6. The Morgan fingerprint density at radius 2 is 1.50 bits per heavy atom. The summed E-state index contributed by atoms with van der Waals surface area (Å²) in [4.78, 5) is 70.3. The molecular weight excluding hydrogens is 628 g/mol. The minimum atomic E-state index is -3.61. The van der Waals surface area contributed by atoms with Gasteiger partial charge in [0.25, 0.3) is 0 Å². The van der Waals surface area contributed by atoms with Gasteiger partial charge in [0.15, 0.2) is 11.6 Å². The molecule has 5 atom stereocenters. The molecule has 3 unspecified atom stereocenters. The Bertz CT molecular complexity index is 1360. The van der Waals surface area contributed by atoms with E-state index in [9.17, 15) is 32.4 Å². The summed E-state index contributed by atoms with van der Waals surface area (Å²) in [7, 11) is -2.10. The minimum Gasteiger partial charge on any atom is -0.332 e. The number of rotatable bonds is 16. The molecule has 0 bridgehead atoms. The Hall–Kier alpha value is -1.94. The Balaban J connectivity index is 1.79. The number of amides is 1. The monoisotopic (exact) mass is 692 g/mol. The molecule has 0 spiro atoms. The van der Waals surface area contributed by atoms with Crippen LogP contribution < -0.4 is 0 Å². The van der Waals surface area contributed by atoms with Crippen molar-refractivity contribution in [3.05, 3.63) is 0 Å². The average Bonchev–Trinajstić information content (AvgIpc) is 3.22. The molecule has 48 heavy (non-hydrogen) atoms. The molecule has 10 heteroatoms. The molecule has 2 aliphatic carbocycles. The quantitative estimate of drug-likeness (QED) is 0.175. The molecule has 2 saturated carbocycles. The van der Waals surface area contributed by atoms with Crippen LogP contribution in [0.4, 0.5) is 0 Å². The van der Waals surface area contributed by atoms with Crippen molar-refractivity contribution < 1.29 is 32.4 Å². The van der Waals surface area contributed by atoms with Crippen LogP contribution in [0.1, 0.15) is 134 Å². The zero-order valence-electron chi connectivity index (χ0n) is 31.9. The summed E-state index contributed by atoms with van der Waals surface area (Å²) >= 11 is 0. The predicted molar refractivity (Wildman–Crippen MR) is 189 cm³/mol. The van der Waals surface area contributed by atoms with E-state index in [2.05, 4.69) is 13.8 Å². The van der Waals surface area contributed by atoms with Gasteiger partial charge in [-0.25, -0.2) is 8.42 Å². The largest absolute Gasteiger partial charge is 0.332 e. The van der Waals surface area contributed by atoms with Gasteiger partial charge in [-0.1, -0.05) is 74.7 Å². The number of Topliss-reactive ketones (excluding diaryl/α,β-unsaturated/α-hetero) is 4. The molecule has 9 nitrogen and oxygen atoms in total. The molecule has 1 amide bonds. The fraction of sp³-hybridized carbons (Fsp3) is 0.868. The minimum absolute atomic E-state index is 0.0278. The van der Waals surface area contributed by atoms with Gasteiger partial charge >= 0.3 is 0 Å². The van der Waals surface area contributed by atoms with E-state index in [1.807, 2.05) is 41.5 Å². The fourth-order valence-electron chi connectivity index (χ4n) is 7.84. The lowest BCUT2D eigenvalue weighted by molar-refractivity contribution is -0.148. The number of nitrogens with zero attached hydrogens (tertiary/aromatic N) is 2. The van der Waals surface area contributed by atoms with E-state index in [1.165, 1.54) is 11.4 Å². The van der Waals surface area contributed by atoms with E-state index in [0.29, 0.717) is 19.4 Å². The second kappa shape index (κ2) is 14.4. The molecule has 0 aromatic heterocycles. The Labute approximate surface area is 290 Å². The third kappa shape index (κ3) is 9.64. The van der Waals surface area contributed by atoms with Crippen LogP contribution in [-0.2, 0) is 34.0 Å². The highest BCUT2D eigenvalue weighted by molar-refractivity contribution is 7.89. The number of hydrogen-bond acceptors (Lipinski definition) is 7. The highest BCUT2D eigenvalue weighted by Gasteiger charge is 2.69. The summed E-state index contributed by atoms with van der Waals surface area (Å²) in [6.45, 7) is 22.0. The van der Waals surface area contributed by atoms with Gasteiger partial charge < -0.3 is 4.90 Å². The van der Waals surface area contributed by atoms with Crippen LogP contribution in [0, 0.1) is 45.8 Å². The number of hydrogen-bond donors (Lipinski definition) is 0. The molecule has 3 fully saturated rings. The molecule has 3 rings (SSSR count). The molecule has 0 N–H and O–H groups in total. The molecule has 1 heterocycles. The summed E-state index contributed by atoms with van der Waals surface area (Å²) in [6, 6.07) is -0.690. The van der Waals surface area contributed by atoms with E-state index in [-0.39, 0.29) is 77.5 Å². The normalized spacial score (nSPS) is 24.1. The van der Waals surface area contributed by atoms with Crippen LogP contribution >= 0.6 is 0 Å². The second-order valence-electron chi connectivity index (χ2n) is 19.0. The maximum absolute atomic E-state index is 14.3. The zero-order valence-corrected chi connectivity index (χ0v) is 32.7. The SMILES string of the molecule is CN(C(C)(C)C)S(=O)(=O)CCCC(=O)C(=O)C(CC(=O)[C@@H]1C2C(CN1C(=O)[C@@H](CC(=O)CC(C)(C)C)C(C)(C)C)C2(C)C)CC1CCC1. The summed E-state index contributed by atoms with van der Waals surface area (Å²) in [5, 5.41) is 0. The fourth-order valence-corrected chi connectivity index (χ4v) is 9.45. The van der Waals surface area contributed by atoms with Gasteiger partial charge in [-0.05, 0) is 67.6 Å². The lowest BCUT2D eigenvalue weighted by Gasteiger charge is -2.38. The van der Waals surface area contributed by atoms with E-state index < -0.39 is 50.4 Å². The predicted octanol–water partition coefficient (Wildman–Crippen LogP) is 6.27. The molecule has 0 radical (unpaired) electrons. The van der Waals surface area contributed by atoms with E-state index in [1.54, 1.807) is 25.7 Å². The second-order valence-corrected chi connectivity index (χ2v) is 21.2. The summed E-state index contributed by atoms with van der Waals surface area (Å²) in [6.07, 6.45) is 3.62. The number of carbonyl (C=O) groups excluding carboxylic acids is 5. The lowest BCUT2D eigenvalue weighted by Crippen LogP contribution is -2.51. The zero-order chi connectivity index (χ0) is 36.8. The van der Waals surface area contributed by atoms with Crippen LogP contribution in [-0.4, -0.2) is 77.6 Å². The maximum atomic E-state index is 14.3. The van der Waals surface area contributed by atoms with Crippen LogP contribution in [0.5, 0.6) is 0 Å². The molecule has 3 aliphatic rings. The van der Waals surface area contributed by atoms with Crippen molar-refractivity contribution in [1.82, 2.24) is 9.21 Å². The Morgan fingerprint density at radius 1 is 0.917 bits per heavy atom. The first-order chi connectivity index (χ1) is 21.7. The highest BCUT2D eigenvalue weighted by Crippen LogP contribution is 2.65. The van der Waals surface area contributed by atoms with E-state index >= 15 is 0 Å². The van der Waals surface area contributed by atoms with E-state index in [0.717, 1.165) is 19.3 Å². The maximum Gasteiger partial charge on any atom is 0.227 e. The van der Waals surface area contributed by atoms with Crippen molar-refractivity contribution in [3.63, 3.8) is 0 Å². The van der Waals surface area contributed by atoms with Crippen LogP contribution in [0.25, 0.3) is 0 Å². The number of fused-ring (bicyclic) bond motifs is 1. The number of carbonyl (C=O) groups is 5. The molecule has 1 aliphatic heterocycles. The number of likely N-dealkylation sites (tertiary alicyclic amines) is 1. The first-order valence-electron chi connectivity index (χ1n) is 18.1. The van der Waals surface area contributed by atoms with Gasteiger partial charge in [-0.15, -0.1) is 0 Å². The summed E-state index contributed by atoms with van der Waals surface area (Å²) in [5.74, 6) is -2.75. The van der Waals surface area contributed by atoms with Gasteiger partial charge in [-0.3, -0.25) is 24.0 Å². The lowest BCUT2D eigenvalue weighted by atomic mass is 9.74. The van der Waals surface area contributed by atoms with Gasteiger partial charge in [0, 0.05) is 56.7 Å². The Kier molecular flexibility index (Phi) is 12.1. The van der Waals surface area contributed by atoms with Crippen molar-refractivity contribution in [2.24, 2.45) is 45.8 Å². The molecule has 0 aromatic carbocycles. The molecular formula is C38H64N2O7S. The standard InChI is InChI=1S/C38H64N2O7S/c1-35(2,3)22-26(41)21-27(36(4,5)6)34(45)40-23-28-31(38(28,10)11)32(40)30(43)20-25(19-24-15-13-16-24)33(44)29(42)17-14-18-48(46,47)39(12)37(7,8)9/h24-25,27-28,31-32H,13-23H2,1-12H3/t25?,27-,28?,31?,32-/m1/s1. The van der Waals surface area contributed by atoms with Gasteiger partial charge in [-0.2, -0.15) is 4.31 Å². The van der Waals surface area contributed by atoms with Crippen LogP contribution in [0.15, 0.2) is 0 Å². The summed E-state index contributed by atoms with van der Waals surface area (Å²) in [5.41, 5.74) is -1.42. The van der Waals surface area contributed by atoms with Crippen molar-refractivity contribution in [2.45, 2.75) is 146 Å². The van der Waals surface area contributed by atoms with Crippen LogP contribution in [0.3, 0.4) is 0 Å². The van der Waals surface area contributed by atoms with Gasteiger partial charge in [0.05, 0.1) is 11.8 Å². The van der Waals surface area contributed by atoms with Crippen molar-refractivity contribution >= 4 is 39.1 Å². The average molecular weight is 693 g/mol. The summed E-state index contributed by atoms with van der Waals surface area (Å²) < 4.78 is 26.9. The molecule has 1 saturated heterocycles. The molecule has 274 valence electrons. The van der Waals surface area contributed by atoms with Gasteiger partial charge in [0.1, 0.15) is 5.78 Å². The Morgan fingerprint density at radius 3 is 1.98 bits per heavy atom. The smallest absolute Gasteiger partial charge is 0.227 e. The van der Waals surface area contributed by atoms with Crippen molar-refractivity contribution in [2.75, 3.05) is 19.3 Å². The first kappa shape index (κ1) is 40.5. The molecule has 0 aromatic rings. The van der Waals surface area contributed by atoms with Crippen molar-refractivity contribution in [1.29, 1.82) is 0 Å². The third-order valence-electron chi connectivity index (χ3n) is 11.4. The first-order valence-corrected chi connectivity index (χ1v) is 19.7. The van der Waals surface area contributed by atoms with Crippen LogP contribution in [0.2, 0.25) is 0 Å². The highest BCUT2D eigenvalue weighted by atomic mass is 32.2. The topological polar surface area (TPSA) is 126 Å². The number of ketones is 4. The van der Waals surface area contributed by atoms with E-state index in [4.69, 9.17) is 0 Å². The van der Waals surface area contributed by atoms with Crippen molar-refractivity contribution in [3.8, 4) is 0 Å². The number of piperidine rings is 1. The van der Waals surface area contributed by atoms with Gasteiger partial charge in [0.2, 0.25) is 21.7 Å². The number of sulfonamides is 1.